The maximum Gasteiger partial charge on any atom is 0.303 e. The number of aromatic hydroxyl groups is 1. The Bertz CT molecular complexity index is 399. The van der Waals surface area contributed by atoms with Crippen molar-refractivity contribution in [3.8, 4) is 5.75 Å². The second-order valence-electron chi connectivity index (χ2n) is 3.85. The molecule has 0 aliphatic rings. The summed E-state index contributed by atoms with van der Waals surface area (Å²) in [5, 5.41) is 20.3. The first-order valence-electron chi connectivity index (χ1n) is 5.30. The number of carboxylic acid groups (broad SMARTS) is 1. The molecule has 0 aromatic heterocycles. The summed E-state index contributed by atoms with van der Waals surface area (Å²) in [5.41, 5.74) is 0.435. The van der Waals surface area contributed by atoms with Crippen molar-refractivity contribution in [1.29, 1.82) is 0 Å². The van der Waals surface area contributed by atoms with Gasteiger partial charge in [0.05, 0.1) is 0 Å². The van der Waals surface area contributed by atoms with Gasteiger partial charge in [0.15, 0.2) is 0 Å². The third-order valence-corrected chi connectivity index (χ3v) is 2.30. The number of hydrogen-bond donors (Lipinski definition) is 3. The number of carboxylic acids is 1. The summed E-state index contributed by atoms with van der Waals surface area (Å²) in [6.07, 6.45) is 0.413. The lowest BCUT2D eigenvalue weighted by molar-refractivity contribution is -0.137. The number of nitrogens with one attached hydrogen (secondary N) is 1. The zero-order valence-corrected chi connectivity index (χ0v) is 9.51. The number of amides is 1. The van der Waals surface area contributed by atoms with Crippen LogP contribution in [0.5, 0.6) is 5.75 Å². The van der Waals surface area contributed by atoms with E-state index >= 15 is 0 Å². The van der Waals surface area contributed by atoms with E-state index < -0.39 is 5.97 Å². The molecule has 5 nitrogen and oxygen atoms in total. The lowest BCUT2D eigenvalue weighted by Gasteiger charge is -2.12. The van der Waals surface area contributed by atoms with Crippen molar-refractivity contribution in [3.05, 3.63) is 29.8 Å². The monoisotopic (exact) mass is 237 g/mol. The molecule has 17 heavy (non-hydrogen) atoms. The van der Waals surface area contributed by atoms with Crippen LogP contribution in [-0.2, 0) is 4.79 Å². The molecule has 1 unspecified atom stereocenters. The first kappa shape index (κ1) is 13.0. The van der Waals surface area contributed by atoms with Gasteiger partial charge in [0, 0.05) is 18.0 Å². The molecule has 1 aromatic carbocycles. The Labute approximate surface area is 99.1 Å². The van der Waals surface area contributed by atoms with Gasteiger partial charge in [-0.1, -0.05) is 0 Å². The Morgan fingerprint density at radius 2 is 1.88 bits per heavy atom. The first-order chi connectivity index (χ1) is 7.99. The minimum atomic E-state index is -0.879. The molecule has 0 spiro atoms. The Kier molecular flexibility index (Phi) is 4.51. The van der Waals surface area contributed by atoms with Crippen molar-refractivity contribution in [2.75, 3.05) is 0 Å². The van der Waals surface area contributed by atoms with Crippen LogP contribution in [0.2, 0.25) is 0 Å². The third-order valence-electron chi connectivity index (χ3n) is 2.30. The Morgan fingerprint density at radius 1 is 1.29 bits per heavy atom. The van der Waals surface area contributed by atoms with E-state index in [0.29, 0.717) is 12.0 Å². The molecule has 0 heterocycles. The highest BCUT2D eigenvalue weighted by Gasteiger charge is 2.10. The summed E-state index contributed by atoms with van der Waals surface area (Å²) in [6, 6.07) is 5.67. The van der Waals surface area contributed by atoms with E-state index in [-0.39, 0.29) is 24.1 Å². The molecule has 1 amide bonds. The van der Waals surface area contributed by atoms with Crippen LogP contribution in [0.25, 0.3) is 0 Å². The van der Waals surface area contributed by atoms with Crippen LogP contribution in [0.3, 0.4) is 0 Å². The number of aliphatic carboxylic acids is 1. The smallest absolute Gasteiger partial charge is 0.303 e. The number of carbonyl (C=O) groups is 2. The van der Waals surface area contributed by atoms with Gasteiger partial charge < -0.3 is 15.5 Å². The van der Waals surface area contributed by atoms with Crippen LogP contribution in [0.1, 0.15) is 30.1 Å². The number of benzene rings is 1. The van der Waals surface area contributed by atoms with Crippen LogP contribution in [0, 0.1) is 0 Å². The van der Waals surface area contributed by atoms with Gasteiger partial charge in [0.1, 0.15) is 5.75 Å². The quantitative estimate of drug-likeness (QED) is 0.722. The fraction of sp³-hybridized carbons (Fsp3) is 0.333. The summed E-state index contributed by atoms with van der Waals surface area (Å²) in [5.74, 6) is -1.06. The third kappa shape index (κ3) is 4.55. The molecule has 1 atom stereocenters. The Balaban J connectivity index is 2.48. The molecule has 3 N–H and O–H groups in total. The maximum absolute atomic E-state index is 11.7. The summed E-state index contributed by atoms with van der Waals surface area (Å²) in [7, 11) is 0. The van der Waals surface area contributed by atoms with Gasteiger partial charge in [-0.15, -0.1) is 0 Å². The van der Waals surface area contributed by atoms with Crippen LogP contribution in [0.4, 0.5) is 0 Å². The highest BCUT2D eigenvalue weighted by molar-refractivity contribution is 5.94. The fourth-order valence-corrected chi connectivity index (χ4v) is 1.33. The molecular weight excluding hydrogens is 222 g/mol. The van der Waals surface area contributed by atoms with Crippen molar-refractivity contribution in [3.63, 3.8) is 0 Å². The van der Waals surface area contributed by atoms with Crippen molar-refractivity contribution >= 4 is 11.9 Å². The number of phenolic OH excluding ortho intramolecular Hbond substituents is 1. The zero-order chi connectivity index (χ0) is 12.8. The highest BCUT2D eigenvalue weighted by Crippen LogP contribution is 2.09. The molecule has 1 aromatic rings. The molecule has 92 valence electrons. The van der Waals surface area contributed by atoms with E-state index in [1.165, 1.54) is 24.3 Å². The molecular formula is C12H15NO4. The molecule has 0 saturated carbocycles. The van der Waals surface area contributed by atoms with E-state index in [0.717, 1.165) is 0 Å². The molecule has 0 aliphatic heterocycles. The number of phenols is 1. The van der Waals surface area contributed by atoms with Gasteiger partial charge in [-0.25, -0.2) is 0 Å². The van der Waals surface area contributed by atoms with Gasteiger partial charge in [-0.3, -0.25) is 9.59 Å². The van der Waals surface area contributed by atoms with Crippen molar-refractivity contribution in [2.45, 2.75) is 25.8 Å². The minimum Gasteiger partial charge on any atom is -0.508 e. The number of carbonyl (C=O) groups excluding carboxylic acids is 1. The van der Waals surface area contributed by atoms with Gasteiger partial charge in [-0.05, 0) is 37.6 Å². The summed E-state index contributed by atoms with van der Waals surface area (Å²) >= 11 is 0. The van der Waals surface area contributed by atoms with Crippen LogP contribution in [0.15, 0.2) is 24.3 Å². The predicted octanol–water partition coefficient (Wildman–Crippen LogP) is 1.38. The van der Waals surface area contributed by atoms with E-state index in [1.807, 2.05) is 0 Å². The van der Waals surface area contributed by atoms with Crippen molar-refractivity contribution in [2.24, 2.45) is 0 Å². The Hall–Kier alpha value is -2.04. The maximum atomic E-state index is 11.7. The molecule has 0 aliphatic carbocycles. The van der Waals surface area contributed by atoms with Crippen molar-refractivity contribution in [1.82, 2.24) is 5.32 Å². The SMILES string of the molecule is CC(CCC(=O)O)NC(=O)c1ccc(O)cc1. The summed E-state index contributed by atoms with van der Waals surface area (Å²) < 4.78 is 0. The van der Waals surface area contributed by atoms with E-state index in [1.54, 1.807) is 6.92 Å². The largest absolute Gasteiger partial charge is 0.508 e. The van der Waals surface area contributed by atoms with E-state index in [9.17, 15) is 9.59 Å². The molecule has 0 radical (unpaired) electrons. The van der Waals surface area contributed by atoms with Crippen LogP contribution in [-0.4, -0.2) is 28.1 Å². The topological polar surface area (TPSA) is 86.6 Å². The second kappa shape index (κ2) is 5.89. The van der Waals surface area contributed by atoms with Gasteiger partial charge >= 0.3 is 5.97 Å². The van der Waals surface area contributed by atoms with E-state index in [4.69, 9.17) is 10.2 Å². The molecule has 0 fully saturated rings. The normalized spacial score (nSPS) is 11.8. The van der Waals surface area contributed by atoms with Gasteiger partial charge in [0.2, 0.25) is 0 Å². The van der Waals surface area contributed by atoms with Crippen molar-refractivity contribution < 1.29 is 19.8 Å². The lowest BCUT2D eigenvalue weighted by Crippen LogP contribution is -2.32. The minimum absolute atomic E-state index is 0.0248. The van der Waals surface area contributed by atoms with Crippen LogP contribution < -0.4 is 5.32 Å². The van der Waals surface area contributed by atoms with Gasteiger partial charge in [-0.2, -0.15) is 0 Å². The summed E-state index contributed by atoms with van der Waals surface area (Å²) in [4.78, 5) is 22.0. The summed E-state index contributed by atoms with van der Waals surface area (Å²) in [6.45, 7) is 1.75. The highest BCUT2D eigenvalue weighted by atomic mass is 16.4. The Morgan fingerprint density at radius 3 is 2.41 bits per heavy atom. The molecule has 0 bridgehead atoms. The predicted molar refractivity (Wildman–Crippen MR) is 61.9 cm³/mol. The molecule has 1 rings (SSSR count). The second-order valence-corrected chi connectivity index (χ2v) is 3.85. The van der Waals surface area contributed by atoms with Crippen LogP contribution >= 0.6 is 0 Å². The average molecular weight is 237 g/mol. The standard InChI is InChI=1S/C12H15NO4/c1-8(2-7-11(15)16)13-12(17)9-3-5-10(14)6-4-9/h3-6,8,14H,2,7H2,1H3,(H,13,17)(H,15,16). The lowest BCUT2D eigenvalue weighted by atomic mass is 10.1. The number of rotatable bonds is 5. The first-order valence-corrected chi connectivity index (χ1v) is 5.30. The zero-order valence-electron chi connectivity index (χ0n) is 9.51. The van der Waals surface area contributed by atoms with Gasteiger partial charge in [0.25, 0.3) is 5.91 Å². The molecule has 5 heteroatoms. The fourth-order valence-electron chi connectivity index (χ4n) is 1.33. The molecule has 0 saturated heterocycles. The van der Waals surface area contributed by atoms with E-state index in [2.05, 4.69) is 5.32 Å². The number of hydrogen-bond acceptors (Lipinski definition) is 3. The average Bonchev–Trinajstić information content (AvgIpc) is 2.27.